The van der Waals surface area contributed by atoms with E-state index in [1.165, 1.54) is 11.3 Å². The van der Waals surface area contributed by atoms with Gasteiger partial charge in [-0.25, -0.2) is 0 Å². The quantitative estimate of drug-likeness (QED) is 0.807. The summed E-state index contributed by atoms with van der Waals surface area (Å²) < 4.78 is 5.18. The molecule has 0 aromatic heterocycles. The van der Waals surface area contributed by atoms with Gasteiger partial charge in [-0.1, -0.05) is 32.0 Å². The lowest BCUT2D eigenvalue weighted by Crippen LogP contribution is -2.49. The van der Waals surface area contributed by atoms with Crippen LogP contribution in [0, 0.1) is 0 Å². The predicted octanol–water partition coefficient (Wildman–Crippen LogP) is 1.98. The molecule has 20 heavy (non-hydrogen) atoms. The summed E-state index contributed by atoms with van der Waals surface area (Å²) in [5.41, 5.74) is 2.60. The molecule has 4 nitrogen and oxygen atoms in total. The molecule has 1 aromatic rings. The minimum Gasteiger partial charge on any atom is -0.465 e. The molecule has 1 N–H and O–H groups in total. The number of hydrogen-bond acceptors (Lipinski definition) is 4. The molecule has 0 saturated carbocycles. The Morgan fingerprint density at radius 2 is 2.15 bits per heavy atom. The molecular formula is C16H24N2O2. The van der Waals surface area contributed by atoms with E-state index in [9.17, 15) is 4.79 Å². The first-order valence-electron chi connectivity index (χ1n) is 7.37. The van der Waals surface area contributed by atoms with Crippen molar-refractivity contribution < 1.29 is 9.53 Å². The standard InChI is InChI=1S/C16H24N2O2/c1-4-20-16(19)14(17-12(2)3)11-18-10-9-13-7-5-6-8-15(13)18/h5-8,12,14,17H,4,9-11H2,1-3H3. The van der Waals surface area contributed by atoms with Crippen LogP contribution in [0.2, 0.25) is 0 Å². The molecule has 0 radical (unpaired) electrons. The number of anilines is 1. The van der Waals surface area contributed by atoms with Gasteiger partial charge in [0.2, 0.25) is 0 Å². The van der Waals surface area contributed by atoms with Gasteiger partial charge in [0.05, 0.1) is 6.61 Å². The molecule has 0 amide bonds. The van der Waals surface area contributed by atoms with Gasteiger partial charge >= 0.3 is 5.97 Å². The molecule has 0 aliphatic carbocycles. The van der Waals surface area contributed by atoms with Crippen LogP contribution in [0.5, 0.6) is 0 Å². The van der Waals surface area contributed by atoms with Gasteiger partial charge in [-0.15, -0.1) is 0 Å². The average Bonchev–Trinajstić information content (AvgIpc) is 2.81. The third kappa shape index (κ3) is 3.51. The number of nitrogens with zero attached hydrogens (tertiary/aromatic N) is 1. The Balaban J connectivity index is 2.06. The van der Waals surface area contributed by atoms with E-state index < -0.39 is 0 Å². The van der Waals surface area contributed by atoms with Crippen molar-refractivity contribution in [3.05, 3.63) is 29.8 Å². The lowest BCUT2D eigenvalue weighted by atomic mass is 10.2. The summed E-state index contributed by atoms with van der Waals surface area (Å²) in [6.07, 6.45) is 1.05. The number of ether oxygens (including phenoxy) is 1. The number of hydrogen-bond donors (Lipinski definition) is 1. The number of rotatable bonds is 6. The number of nitrogens with one attached hydrogen (secondary N) is 1. The molecule has 0 spiro atoms. The van der Waals surface area contributed by atoms with Gasteiger partial charge in [0, 0.05) is 24.8 Å². The van der Waals surface area contributed by atoms with Gasteiger partial charge in [-0.05, 0) is 25.0 Å². The van der Waals surface area contributed by atoms with Crippen molar-refractivity contribution in [1.82, 2.24) is 5.32 Å². The van der Waals surface area contributed by atoms with Crippen molar-refractivity contribution in [3.63, 3.8) is 0 Å². The second-order valence-electron chi connectivity index (χ2n) is 5.45. The van der Waals surface area contributed by atoms with Crippen LogP contribution in [-0.4, -0.2) is 37.7 Å². The maximum atomic E-state index is 12.1. The van der Waals surface area contributed by atoms with E-state index >= 15 is 0 Å². The number of carbonyl (C=O) groups is 1. The molecule has 0 saturated heterocycles. The van der Waals surface area contributed by atoms with Gasteiger partial charge in [0.25, 0.3) is 0 Å². The first kappa shape index (κ1) is 14.9. The Labute approximate surface area is 121 Å². The molecule has 4 heteroatoms. The van der Waals surface area contributed by atoms with Gasteiger partial charge in [-0.3, -0.25) is 4.79 Å². The molecule has 2 rings (SSSR count). The minimum atomic E-state index is -0.277. The monoisotopic (exact) mass is 276 g/mol. The van der Waals surface area contributed by atoms with E-state index in [0.717, 1.165) is 13.0 Å². The van der Waals surface area contributed by atoms with Crippen LogP contribution in [0.1, 0.15) is 26.3 Å². The summed E-state index contributed by atoms with van der Waals surface area (Å²) in [5.74, 6) is -0.161. The number of esters is 1. The van der Waals surface area contributed by atoms with E-state index in [1.54, 1.807) is 0 Å². The molecule has 110 valence electrons. The van der Waals surface area contributed by atoms with Crippen LogP contribution in [0.3, 0.4) is 0 Å². The van der Waals surface area contributed by atoms with Gasteiger partial charge in [0.15, 0.2) is 0 Å². The third-order valence-corrected chi connectivity index (χ3v) is 3.49. The Hall–Kier alpha value is -1.55. The van der Waals surface area contributed by atoms with E-state index in [2.05, 4.69) is 28.4 Å². The molecule has 1 aliphatic rings. The topological polar surface area (TPSA) is 41.6 Å². The average molecular weight is 276 g/mol. The first-order chi connectivity index (χ1) is 9.61. The SMILES string of the molecule is CCOC(=O)C(CN1CCc2ccccc21)NC(C)C. The Morgan fingerprint density at radius 1 is 1.40 bits per heavy atom. The second-order valence-corrected chi connectivity index (χ2v) is 5.45. The lowest BCUT2D eigenvalue weighted by molar-refractivity contribution is -0.145. The van der Waals surface area contributed by atoms with Crippen molar-refractivity contribution in [3.8, 4) is 0 Å². The van der Waals surface area contributed by atoms with Crippen LogP contribution in [-0.2, 0) is 16.0 Å². The molecule has 0 fully saturated rings. The highest BCUT2D eigenvalue weighted by Gasteiger charge is 2.27. The Bertz CT molecular complexity index is 460. The largest absolute Gasteiger partial charge is 0.465 e. The van der Waals surface area contributed by atoms with Crippen molar-refractivity contribution in [2.24, 2.45) is 0 Å². The number of fused-ring (bicyclic) bond motifs is 1. The maximum absolute atomic E-state index is 12.1. The molecule has 0 bridgehead atoms. The summed E-state index contributed by atoms with van der Waals surface area (Å²) in [7, 11) is 0. The molecule has 1 atom stereocenters. The van der Waals surface area contributed by atoms with Crippen LogP contribution in [0.4, 0.5) is 5.69 Å². The highest BCUT2D eigenvalue weighted by molar-refractivity contribution is 5.77. The van der Waals surface area contributed by atoms with Crippen molar-refractivity contribution in [2.75, 3.05) is 24.6 Å². The predicted molar refractivity (Wildman–Crippen MR) is 81.1 cm³/mol. The van der Waals surface area contributed by atoms with Gasteiger partial charge < -0.3 is 15.0 Å². The molecule has 1 heterocycles. The number of benzene rings is 1. The highest BCUT2D eigenvalue weighted by Crippen LogP contribution is 2.27. The zero-order valence-corrected chi connectivity index (χ0v) is 12.6. The van der Waals surface area contributed by atoms with Crippen LogP contribution in [0.25, 0.3) is 0 Å². The van der Waals surface area contributed by atoms with Gasteiger partial charge in [-0.2, -0.15) is 0 Å². The number of carbonyl (C=O) groups excluding carboxylic acids is 1. The van der Waals surface area contributed by atoms with E-state index in [4.69, 9.17) is 4.74 Å². The van der Waals surface area contributed by atoms with Crippen molar-refractivity contribution in [2.45, 2.75) is 39.3 Å². The number of para-hydroxylation sites is 1. The summed E-state index contributed by atoms with van der Waals surface area (Å²) >= 11 is 0. The molecule has 1 unspecified atom stereocenters. The zero-order valence-electron chi connectivity index (χ0n) is 12.6. The van der Waals surface area contributed by atoms with Gasteiger partial charge in [0.1, 0.15) is 6.04 Å². The Kier molecular flexibility index (Phi) is 5.01. The third-order valence-electron chi connectivity index (χ3n) is 3.49. The van der Waals surface area contributed by atoms with Crippen LogP contribution < -0.4 is 10.2 Å². The van der Waals surface area contributed by atoms with Crippen molar-refractivity contribution >= 4 is 11.7 Å². The van der Waals surface area contributed by atoms with Crippen molar-refractivity contribution in [1.29, 1.82) is 0 Å². The van der Waals surface area contributed by atoms with E-state index in [-0.39, 0.29) is 18.1 Å². The summed E-state index contributed by atoms with van der Waals surface area (Å²) in [6.45, 7) is 7.98. The maximum Gasteiger partial charge on any atom is 0.324 e. The molecule has 1 aromatic carbocycles. The zero-order chi connectivity index (χ0) is 14.5. The fourth-order valence-electron chi connectivity index (χ4n) is 2.66. The summed E-state index contributed by atoms with van der Waals surface area (Å²) in [4.78, 5) is 14.3. The molecule has 1 aliphatic heterocycles. The minimum absolute atomic E-state index is 0.161. The van der Waals surface area contributed by atoms with E-state index in [0.29, 0.717) is 13.2 Å². The van der Waals surface area contributed by atoms with Crippen LogP contribution >= 0.6 is 0 Å². The lowest BCUT2D eigenvalue weighted by Gasteiger charge is -2.26. The second kappa shape index (κ2) is 6.75. The van der Waals surface area contributed by atoms with Crippen LogP contribution in [0.15, 0.2) is 24.3 Å². The van der Waals surface area contributed by atoms with E-state index in [1.807, 2.05) is 26.8 Å². The molecular weight excluding hydrogens is 252 g/mol. The highest BCUT2D eigenvalue weighted by atomic mass is 16.5. The first-order valence-corrected chi connectivity index (χ1v) is 7.37. The Morgan fingerprint density at radius 3 is 2.85 bits per heavy atom. The smallest absolute Gasteiger partial charge is 0.324 e. The fraction of sp³-hybridized carbons (Fsp3) is 0.562. The summed E-state index contributed by atoms with van der Waals surface area (Å²) in [6, 6.07) is 8.37. The summed E-state index contributed by atoms with van der Waals surface area (Å²) in [5, 5.41) is 3.31. The fourth-order valence-corrected chi connectivity index (χ4v) is 2.66. The normalized spacial score (nSPS) is 15.3.